The zero-order valence-corrected chi connectivity index (χ0v) is 6.04. The predicted molar refractivity (Wildman–Crippen MR) is 42.4 cm³/mol. The van der Waals surface area contributed by atoms with Crippen LogP contribution in [0.3, 0.4) is 0 Å². The first kappa shape index (κ1) is 7.63. The van der Waals surface area contributed by atoms with E-state index in [1.165, 1.54) is 0 Å². The summed E-state index contributed by atoms with van der Waals surface area (Å²) in [5.74, 6) is 0. The summed E-state index contributed by atoms with van der Waals surface area (Å²) >= 11 is 0. The van der Waals surface area contributed by atoms with Crippen molar-refractivity contribution in [2.24, 2.45) is 5.73 Å². The average molecular weight is 150 g/mol. The molecule has 0 aliphatic rings. The van der Waals surface area contributed by atoms with Gasteiger partial charge in [0.15, 0.2) is 0 Å². The van der Waals surface area contributed by atoms with Crippen LogP contribution in [0, 0.1) is 11.3 Å². The second kappa shape index (κ2) is 3.08. The first-order valence-corrected chi connectivity index (χ1v) is 3.30. The van der Waals surface area contributed by atoms with E-state index in [4.69, 9.17) is 16.7 Å². The number of rotatable bonds is 2. The number of nitrogen functional groups attached to an aromatic ring is 1. The molecule has 1 aromatic rings. The topological polar surface area (TPSA) is 91.6 Å². The molecule has 11 heavy (non-hydrogen) atoms. The highest BCUT2D eigenvalue weighted by Gasteiger charge is 2.08. The van der Waals surface area contributed by atoms with Crippen LogP contribution in [-0.4, -0.2) is 4.98 Å². The normalized spacial score (nSPS) is 12.4. The van der Waals surface area contributed by atoms with Gasteiger partial charge in [0.25, 0.3) is 0 Å². The summed E-state index contributed by atoms with van der Waals surface area (Å²) in [4.78, 5) is 2.82. The number of anilines is 1. The van der Waals surface area contributed by atoms with E-state index in [9.17, 15) is 0 Å². The van der Waals surface area contributed by atoms with Gasteiger partial charge < -0.3 is 16.5 Å². The molecule has 0 aliphatic heterocycles. The molecule has 0 saturated heterocycles. The van der Waals surface area contributed by atoms with Crippen LogP contribution in [0.1, 0.15) is 18.0 Å². The van der Waals surface area contributed by atoms with Gasteiger partial charge in [0.1, 0.15) is 0 Å². The molecule has 0 radical (unpaired) electrons. The van der Waals surface area contributed by atoms with Gasteiger partial charge in [-0.25, -0.2) is 0 Å². The van der Waals surface area contributed by atoms with E-state index in [0.717, 1.165) is 5.56 Å². The fourth-order valence-corrected chi connectivity index (χ4v) is 0.917. The van der Waals surface area contributed by atoms with Crippen molar-refractivity contribution in [1.82, 2.24) is 4.98 Å². The lowest BCUT2D eigenvalue weighted by atomic mass is 10.1. The first-order chi connectivity index (χ1) is 5.25. The maximum absolute atomic E-state index is 8.35. The number of nitriles is 1. The smallest absolute Gasteiger partial charge is 0.0641 e. The Kier molecular flexibility index (Phi) is 2.14. The zero-order valence-electron chi connectivity index (χ0n) is 6.04. The second-order valence-electron chi connectivity index (χ2n) is 2.33. The first-order valence-electron chi connectivity index (χ1n) is 3.30. The fourth-order valence-electron chi connectivity index (χ4n) is 0.917. The van der Waals surface area contributed by atoms with Gasteiger partial charge in [-0.05, 0) is 0 Å². The molecule has 0 amide bonds. The number of nitrogens with zero attached hydrogens (tertiary/aromatic N) is 1. The summed E-state index contributed by atoms with van der Waals surface area (Å²) in [5.41, 5.74) is 12.6. The van der Waals surface area contributed by atoms with Crippen molar-refractivity contribution in [3.05, 3.63) is 18.0 Å². The Labute approximate surface area is 64.8 Å². The largest absolute Gasteiger partial charge is 0.397 e. The van der Waals surface area contributed by atoms with E-state index in [0.29, 0.717) is 12.1 Å². The Hall–Kier alpha value is -1.47. The molecule has 5 N–H and O–H groups in total. The molecule has 58 valence electrons. The molecule has 1 heterocycles. The van der Waals surface area contributed by atoms with Gasteiger partial charge in [-0.1, -0.05) is 0 Å². The maximum atomic E-state index is 8.35. The Morgan fingerprint density at radius 3 is 2.82 bits per heavy atom. The molecular formula is C7H10N4. The van der Waals surface area contributed by atoms with E-state index in [-0.39, 0.29) is 6.04 Å². The molecule has 0 aromatic carbocycles. The third kappa shape index (κ3) is 1.51. The lowest BCUT2D eigenvalue weighted by Gasteiger charge is -2.04. The van der Waals surface area contributed by atoms with Gasteiger partial charge in [0.05, 0.1) is 18.2 Å². The van der Waals surface area contributed by atoms with Crippen LogP contribution in [0.25, 0.3) is 0 Å². The van der Waals surface area contributed by atoms with Crippen LogP contribution in [0.4, 0.5) is 5.69 Å². The molecule has 0 saturated carbocycles. The van der Waals surface area contributed by atoms with Crippen molar-refractivity contribution in [2.45, 2.75) is 12.5 Å². The van der Waals surface area contributed by atoms with E-state index < -0.39 is 0 Å². The predicted octanol–water partition coefficient (Wildman–Crippen LogP) is 0.510. The van der Waals surface area contributed by atoms with Crippen molar-refractivity contribution < 1.29 is 0 Å². The van der Waals surface area contributed by atoms with Gasteiger partial charge in [-0.3, -0.25) is 0 Å². The van der Waals surface area contributed by atoms with Gasteiger partial charge in [-0.15, -0.1) is 0 Å². The number of H-pyrrole nitrogens is 1. The van der Waals surface area contributed by atoms with Crippen molar-refractivity contribution in [1.29, 1.82) is 5.26 Å². The minimum absolute atomic E-state index is 0.272. The molecule has 4 heteroatoms. The summed E-state index contributed by atoms with van der Waals surface area (Å²) in [7, 11) is 0. The zero-order chi connectivity index (χ0) is 8.27. The Bertz CT molecular complexity index is 270. The number of hydrogen-bond donors (Lipinski definition) is 3. The Balaban J connectivity index is 2.77. The van der Waals surface area contributed by atoms with Crippen LogP contribution < -0.4 is 11.5 Å². The van der Waals surface area contributed by atoms with E-state index in [2.05, 4.69) is 4.98 Å². The van der Waals surface area contributed by atoms with Gasteiger partial charge in [-0.2, -0.15) is 5.26 Å². The van der Waals surface area contributed by atoms with Crippen LogP contribution in [-0.2, 0) is 0 Å². The Morgan fingerprint density at radius 1 is 1.64 bits per heavy atom. The fraction of sp³-hybridized carbons (Fsp3) is 0.286. The highest BCUT2D eigenvalue weighted by atomic mass is 14.8. The highest BCUT2D eigenvalue weighted by Crippen LogP contribution is 2.19. The SMILES string of the molecule is N#CCC(N)c1c[nH]cc1N. The summed E-state index contributed by atoms with van der Waals surface area (Å²) in [6.45, 7) is 0. The molecule has 1 aromatic heterocycles. The minimum Gasteiger partial charge on any atom is -0.397 e. The van der Waals surface area contributed by atoms with Gasteiger partial charge in [0, 0.05) is 24.0 Å². The van der Waals surface area contributed by atoms with E-state index >= 15 is 0 Å². The van der Waals surface area contributed by atoms with Gasteiger partial charge in [0.2, 0.25) is 0 Å². The standard InChI is InChI=1S/C7H10N4/c8-2-1-6(9)5-3-11-4-7(5)10/h3-4,6,11H,1,9-10H2. The van der Waals surface area contributed by atoms with Crippen molar-refractivity contribution in [2.75, 3.05) is 5.73 Å². The van der Waals surface area contributed by atoms with Crippen LogP contribution in [0.2, 0.25) is 0 Å². The average Bonchev–Trinajstić information content (AvgIpc) is 2.36. The molecule has 0 aliphatic carbocycles. The maximum Gasteiger partial charge on any atom is 0.0641 e. The highest BCUT2D eigenvalue weighted by molar-refractivity contribution is 5.46. The summed E-state index contributed by atoms with van der Waals surface area (Å²) in [5, 5.41) is 8.35. The summed E-state index contributed by atoms with van der Waals surface area (Å²) in [6.07, 6.45) is 3.67. The molecule has 0 fully saturated rings. The van der Waals surface area contributed by atoms with Crippen molar-refractivity contribution in [3.8, 4) is 6.07 Å². The van der Waals surface area contributed by atoms with E-state index in [1.807, 2.05) is 6.07 Å². The number of aromatic nitrogens is 1. The monoisotopic (exact) mass is 150 g/mol. The molecular weight excluding hydrogens is 140 g/mol. The molecule has 1 rings (SSSR count). The minimum atomic E-state index is -0.272. The number of nitrogens with one attached hydrogen (secondary N) is 1. The molecule has 1 unspecified atom stereocenters. The molecule has 0 bridgehead atoms. The number of nitrogens with two attached hydrogens (primary N) is 2. The lowest BCUT2D eigenvalue weighted by molar-refractivity contribution is 0.752. The van der Waals surface area contributed by atoms with E-state index in [1.54, 1.807) is 12.4 Å². The van der Waals surface area contributed by atoms with Gasteiger partial charge >= 0.3 is 0 Å². The third-order valence-corrected chi connectivity index (χ3v) is 1.52. The number of aromatic amines is 1. The molecule has 1 atom stereocenters. The Morgan fingerprint density at radius 2 is 2.36 bits per heavy atom. The second-order valence-corrected chi connectivity index (χ2v) is 2.33. The van der Waals surface area contributed by atoms with Crippen LogP contribution >= 0.6 is 0 Å². The lowest BCUT2D eigenvalue weighted by Crippen LogP contribution is -2.09. The van der Waals surface area contributed by atoms with Crippen LogP contribution in [0.15, 0.2) is 12.4 Å². The van der Waals surface area contributed by atoms with Crippen molar-refractivity contribution in [3.63, 3.8) is 0 Å². The number of hydrogen-bond acceptors (Lipinski definition) is 3. The summed E-state index contributed by atoms with van der Waals surface area (Å²) < 4.78 is 0. The molecule has 4 nitrogen and oxygen atoms in total. The summed E-state index contributed by atoms with van der Waals surface area (Å²) in [6, 6.07) is 1.72. The molecule has 0 spiro atoms. The van der Waals surface area contributed by atoms with Crippen molar-refractivity contribution >= 4 is 5.69 Å². The van der Waals surface area contributed by atoms with Crippen LogP contribution in [0.5, 0.6) is 0 Å². The quantitative estimate of drug-likeness (QED) is 0.573. The third-order valence-electron chi connectivity index (χ3n) is 1.52.